The molecule has 11 heteroatoms. The van der Waals surface area contributed by atoms with Crippen molar-refractivity contribution in [3.05, 3.63) is 22.6 Å². The molecule has 32 heavy (non-hydrogen) atoms. The zero-order valence-corrected chi connectivity index (χ0v) is 19.3. The molecule has 176 valence electrons. The molecular weight excluding hydrogens is 447 g/mol. The zero-order valence-electron chi connectivity index (χ0n) is 18.5. The first kappa shape index (κ1) is 24.1. The molecule has 2 atom stereocenters. The monoisotopic (exact) mass is 473 g/mol. The molecule has 0 radical (unpaired) electrons. The van der Waals surface area contributed by atoms with Gasteiger partial charge in [-0.3, -0.25) is 4.79 Å². The van der Waals surface area contributed by atoms with E-state index in [1.165, 1.54) is 12.4 Å². The molecular formula is C21H26F3N3O4S. The number of likely N-dealkylation sites (tertiary alicyclic amines) is 1. The molecule has 1 aliphatic rings. The zero-order chi connectivity index (χ0) is 23.8. The van der Waals surface area contributed by atoms with Crippen LogP contribution in [0.15, 0.2) is 11.4 Å². The van der Waals surface area contributed by atoms with E-state index in [9.17, 15) is 22.8 Å². The molecule has 1 fully saturated rings. The van der Waals surface area contributed by atoms with Gasteiger partial charge in [-0.05, 0) is 27.7 Å². The van der Waals surface area contributed by atoms with Crippen molar-refractivity contribution in [3.8, 4) is 5.88 Å². The summed E-state index contributed by atoms with van der Waals surface area (Å²) in [6.07, 6.45) is -4.67. The third-order valence-electron chi connectivity index (χ3n) is 5.02. The Balaban J connectivity index is 1.83. The summed E-state index contributed by atoms with van der Waals surface area (Å²) in [5.74, 6) is -0.718. The van der Waals surface area contributed by atoms with Gasteiger partial charge >= 0.3 is 12.3 Å². The maximum Gasteiger partial charge on any atom is 0.418 e. The van der Waals surface area contributed by atoms with Crippen molar-refractivity contribution in [2.24, 2.45) is 0 Å². The van der Waals surface area contributed by atoms with Gasteiger partial charge in [-0.2, -0.15) is 13.2 Å². The lowest BCUT2D eigenvalue weighted by Crippen LogP contribution is -2.49. The van der Waals surface area contributed by atoms with Crippen molar-refractivity contribution in [1.82, 2.24) is 15.2 Å². The van der Waals surface area contributed by atoms with Crippen LogP contribution in [0.3, 0.4) is 0 Å². The minimum Gasteiger partial charge on any atom is -0.474 e. The van der Waals surface area contributed by atoms with E-state index in [1.807, 2.05) is 6.92 Å². The molecule has 1 saturated heterocycles. The molecule has 3 rings (SSSR count). The number of halogens is 3. The number of nitrogens with zero attached hydrogens (tertiary/aromatic N) is 2. The van der Waals surface area contributed by atoms with Gasteiger partial charge in [0.1, 0.15) is 11.7 Å². The second-order valence-electron chi connectivity index (χ2n) is 8.70. The maximum absolute atomic E-state index is 13.7. The Hall–Kier alpha value is -2.56. The number of pyridine rings is 1. The van der Waals surface area contributed by atoms with E-state index in [4.69, 9.17) is 9.47 Å². The van der Waals surface area contributed by atoms with Crippen LogP contribution in [-0.2, 0) is 10.9 Å². The number of hydrogen-bond donors (Lipinski definition) is 1. The van der Waals surface area contributed by atoms with Crippen LogP contribution in [-0.4, -0.2) is 53.2 Å². The predicted octanol–water partition coefficient (Wildman–Crippen LogP) is 4.84. The Labute approximate surface area is 187 Å². The van der Waals surface area contributed by atoms with Crippen molar-refractivity contribution in [2.75, 3.05) is 13.6 Å². The Morgan fingerprint density at radius 2 is 1.97 bits per heavy atom. The van der Waals surface area contributed by atoms with Crippen molar-refractivity contribution in [2.45, 2.75) is 64.5 Å². The van der Waals surface area contributed by atoms with E-state index in [-0.39, 0.29) is 27.7 Å². The normalized spacial score (nSPS) is 19.7. The lowest BCUT2D eigenvalue weighted by molar-refractivity contribution is -0.136. The molecule has 0 bridgehead atoms. The molecule has 1 aliphatic heterocycles. The number of fused-ring (bicyclic) bond motifs is 1. The molecule has 0 aromatic carbocycles. The van der Waals surface area contributed by atoms with Crippen LogP contribution >= 0.6 is 11.3 Å². The first-order valence-electron chi connectivity index (χ1n) is 10.2. The van der Waals surface area contributed by atoms with Crippen LogP contribution in [0, 0.1) is 0 Å². The molecule has 0 unspecified atom stereocenters. The van der Waals surface area contributed by atoms with Gasteiger partial charge in [0, 0.05) is 43.9 Å². The van der Waals surface area contributed by atoms with Gasteiger partial charge in [0.2, 0.25) is 5.88 Å². The molecule has 2 aromatic heterocycles. The van der Waals surface area contributed by atoms with Gasteiger partial charge in [-0.25, -0.2) is 9.78 Å². The number of alkyl halides is 3. The summed E-state index contributed by atoms with van der Waals surface area (Å²) in [4.78, 5) is 30.3. The fourth-order valence-electron chi connectivity index (χ4n) is 3.55. The number of piperidine rings is 1. The molecule has 0 saturated carbocycles. The summed E-state index contributed by atoms with van der Waals surface area (Å²) < 4.78 is 52.1. The first-order valence-corrected chi connectivity index (χ1v) is 11.1. The van der Waals surface area contributed by atoms with E-state index in [0.717, 1.165) is 17.4 Å². The molecule has 2 aromatic rings. The highest BCUT2D eigenvalue weighted by atomic mass is 32.1. The summed E-state index contributed by atoms with van der Waals surface area (Å²) >= 11 is 0.817. The molecule has 7 nitrogen and oxygen atoms in total. The third-order valence-corrected chi connectivity index (χ3v) is 6.02. The summed E-state index contributed by atoms with van der Waals surface area (Å²) in [7, 11) is 1.40. The lowest BCUT2D eigenvalue weighted by atomic mass is 10.0. The number of carbonyl (C=O) groups excluding carboxylic acids is 2. The van der Waals surface area contributed by atoms with Crippen LogP contribution in [0.1, 0.15) is 56.5 Å². The van der Waals surface area contributed by atoms with Gasteiger partial charge in [0.15, 0.2) is 0 Å². The predicted molar refractivity (Wildman–Crippen MR) is 114 cm³/mol. The van der Waals surface area contributed by atoms with Gasteiger partial charge in [0.25, 0.3) is 5.91 Å². The number of rotatable bonds is 3. The smallest absolute Gasteiger partial charge is 0.418 e. The third kappa shape index (κ3) is 5.25. The van der Waals surface area contributed by atoms with E-state index in [2.05, 4.69) is 10.3 Å². The van der Waals surface area contributed by atoms with Gasteiger partial charge in [0.05, 0.1) is 21.3 Å². The molecule has 2 amide bonds. The van der Waals surface area contributed by atoms with Crippen molar-refractivity contribution in [3.63, 3.8) is 0 Å². The fourth-order valence-corrected chi connectivity index (χ4v) is 4.57. The Morgan fingerprint density at radius 1 is 1.28 bits per heavy atom. The highest BCUT2D eigenvalue weighted by Gasteiger charge is 2.37. The van der Waals surface area contributed by atoms with Crippen molar-refractivity contribution >= 4 is 33.6 Å². The quantitative estimate of drug-likeness (QED) is 0.690. The van der Waals surface area contributed by atoms with Crippen LogP contribution in [0.25, 0.3) is 10.2 Å². The molecule has 3 heterocycles. The average molecular weight is 474 g/mol. The van der Waals surface area contributed by atoms with E-state index >= 15 is 0 Å². The topological polar surface area (TPSA) is 80.8 Å². The average Bonchev–Trinajstić information content (AvgIpc) is 3.08. The highest BCUT2D eigenvalue weighted by Crippen LogP contribution is 2.40. The molecule has 1 N–H and O–H groups in total. The Morgan fingerprint density at radius 3 is 2.53 bits per heavy atom. The SMILES string of the molecule is CNC(=O)c1csc2c(C(F)(F)F)cc(O[C@H]3CCN(C(=O)OC(C)(C)C)[C@@H](C)C3)nc12. The number of ether oxygens (including phenoxy) is 2. The van der Waals surface area contributed by atoms with E-state index in [0.29, 0.717) is 19.4 Å². The lowest BCUT2D eigenvalue weighted by Gasteiger charge is -2.38. The van der Waals surface area contributed by atoms with Crippen LogP contribution in [0.4, 0.5) is 18.0 Å². The van der Waals surface area contributed by atoms with Crippen LogP contribution in [0.5, 0.6) is 5.88 Å². The number of thiophene rings is 1. The van der Waals surface area contributed by atoms with Crippen molar-refractivity contribution in [1.29, 1.82) is 0 Å². The molecule has 0 spiro atoms. The summed E-state index contributed by atoms with van der Waals surface area (Å²) in [5.41, 5.74) is -1.49. The minimum absolute atomic E-state index is 0.0431. The highest BCUT2D eigenvalue weighted by molar-refractivity contribution is 7.17. The summed E-state index contributed by atoms with van der Waals surface area (Å²) in [6, 6.07) is 0.647. The number of aromatic nitrogens is 1. The van der Waals surface area contributed by atoms with Crippen LogP contribution < -0.4 is 10.1 Å². The number of nitrogens with one attached hydrogen (secondary N) is 1. The first-order chi connectivity index (χ1) is 14.8. The Bertz CT molecular complexity index is 1020. The Kier molecular flexibility index (Phi) is 6.60. The van der Waals surface area contributed by atoms with Gasteiger partial charge in [-0.1, -0.05) is 0 Å². The second-order valence-corrected chi connectivity index (χ2v) is 9.58. The van der Waals surface area contributed by atoms with Gasteiger partial charge in [-0.15, -0.1) is 11.3 Å². The van der Waals surface area contributed by atoms with E-state index in [1.54, 1.807) is 25.7 Å². The van der Waals surface area contributed by atoms with Crippen LogP contribution in [0.2, 0.25) is 0 Å². The van der Waals surface area contributed by atoms with Crippen molar-refractivity contribution < 1.29 is 32.2 Å². The maximum atomic E-state index is 13.7. The van der Waals surface area contributed by atoms with E-state index < -0.39 is 35.4 Å². The second kappa shape index (κ2) is 8.76. The summed E-state index contributed by atoms with van der Waals surface area (Å²) in [5, 5.41) is 3.77. The standard InChI is InChI=1S/C21H26F3N3O4S/c1-11-8-12(6-7-27(11)19(29)31-20(2,3)4)30-15-9-14(21(22,23)24)17-16(26-15)13(10-32-17)18(28)25-5/h9-12H,6-8H2,1-5H3,(H,25,28)/t11-,12-/m0/s1. The minimum atomic E-state index is -4.63. The number of amides is 2. The summed E-state index contributed by atoms with van der Waals surface area (Å²) in [6.45, 7) is 7.52. The van der Waals surface area contributed by atoms with Gasteiger partial charge < -0.3 is 19.7 Å². The number of carbonyl (C=O) groups is 2. The largest absolute Gasteiger partial charge is 0.474 e. The fraction of sp³-hybridized carbons (Fsp3) is 0.571. The number of hydrogen-bond acceptors (Lipinski definition) is 6. The molecule has 0 aliphatic carbocycles.